The second-order valence-electron chi connectivity index (χ2n) is 2.62. The van der Waals surface area contributed by atoms with Crippen LogP contribution in [0.3, 0.4) is 0 Å². The van der Waals surface area contributed by atoms with Crippen molar-refractivity contribution in [2.45, 2.75) is 6.92 Å². The second kappa shape index (κ2) is 2.64. The predicted octanol–water partition coefficient (Wildman–Crippen LogP) is 2.95. The Balaban J connectivity index is 2.88. The van der Waals surface area contributed by atoms with Gasteiger partial charge in [-0.1, -0.05) is 23.2 Å². The summed E-state index contributed by atoms with van der Waals surface area (Å²) in [5, 5.41) is 1.19. The van der Waals surface area contributed by atoms with Crippen LogP contribution in [-0.2, 0) is 0 Å². The first-order valence-corrected chi connectivity index (χ1v) is 4.23. The first-order chi connectivity index (χ1) is 5.66. The summed E-state index contributed by atoms with van der Waals surface area (Å²) in [6.07, 6.45) is 3.66. The summed E-state index contributed by atoms with van der Waals surface area (Å²) in [5.41, 5.74) is 1.68. The Kier molecular flexibility index (Phi) is 1.74. The maximum absolute atomic E-state index is 5.91. The molecule has 0 aromatic carbocycles. The van der Waals surface area contributed by atoms with Crippen LogP contribution in [0.4, 0.5) is 0 Å². The molecular formula is C8H6Cl2N2. The molecule has 0 saturated carbocycles. The van der Waals surface area contributed by atoms with Gasteiger partial charge in [-0.2, -0.15) is 0 Å². The lowest BCUT2D eigenvalue weighted by molar-refractivity contribution is 1.18. The molecule has 0 bridgehead atoms. The zero-order valence-electron chi connectivity index (χ0n) is 6.38. The van der Waals surface area contributed by atoms with E-state index in [1.807, 2.05) is 17.5 Å². The van der Waals surface area contributed by atoms with Crippen LogP contribution < -0.4 is 0 Å². The Hall–Kier alpha value is -0.730. The van der Waals surface area contributed by atoms with Gasteiger partial charge in [-0.15, -0.1) is 0 Å². The number of nitrogens with zero attached hydrogens (tertiary/aromatic N) is 2. The fraction of sp³-hybridized carbons (Fsp3) is 0.125. The van der Waals surface area contributed by atoms with Crippen molar-refractivity contribution in [2.75, 3.05) is 0 Å². The molecule has 2 rings (SSSR count). The van der Waals surface area contributed by atoms with E-state index in [-0.39, 0.29) is 0 Å². The third-order valence-corrected chi connectivity index (χ3v) is 2.08. The maximum atomic E-state index is 5.91. The quantitative estimate of drug-likeness (QED) is 0.640. The topological polar surface area (TPSA) is 17.3 Å². The van der Waals surface area contributed by atoms with Gasteiger partial charge < -0.3 is 4.40 Å². The lowest BCUT2D eigenvalue weighted by Gasteiger charge is -1.95. The molecule has 2 aromatic heterocycles. The number of halogens is 2. The monoisotopic (exact) mass is 200 g/mol. The number of pyridine rings is 1. The van der Waals surface area contributed by atoms with Gasteiger partial charge in [-0.25, -0.2) is 4.98 Å². The highest BCUT2D eigenvalue weighted by molar-refractivity contribution is 6.36. The number of fused-ring (bicyclic) bond motifs is 1. The third kappa shape index (κ3) is 1.17. The predicted molar refractivity (Wildman–Crippen MR) is 49.9 cm³/mol. The van der Waals surface area contributed by atoms with Gasteiger partial charge in [0, 0.05) is 12.4 Å². The Morgan fingerprint density at radius 2 is 2.08 bits per heavy atom. The minimum Gasteiger partial charge on any atom is -0.304 e. The smallest absolute Gasteiger partial charge is 0.155 e. The highest BCUT2D eigenvalue weighted by atomic mass is 35.5. The highest BCUT2D eigenvalue weighted by Crippen LogP contribution is 2.21. The molecule has 2 heterocycles. The molecule has 0 amide bonds. The van der Waals surface area contributed by atoms with E-state index >= 15 is 0 Å². The molecule has 0 fully saturated rings. The van der Waals surface area contributed by atoms with Crippen molar-refractivity contribution < 1.29 is 0 Å². The van der Waals surface area contributed by atoms with Crippen molar-refractivity contribution in [2.24, 2.45) is 0 Å². The van der Waals surface area contributed by atoms with Crippen molar-refractivity contribution >= 4 is 28.8 Å². The van der Waals surface area contributed by atoms with Crippen LogP contribution in [0.1, 0.15) is 5.69 Å². The maximum Gasteiger partial charge on any atom is 0.155 e. The van der Waals surface area contributed by atoms with Gasteiger partial charge in [0.05, 0.1) is 15.7 Å². The van der Waals surface area contributed by atoms with Crippen LogP contribution >= 0.6 is 23.2 Å². The number of hydrogen-bond acceptors (Lipinski definition) is 1. The zero-order valence-corrected chi connectivity index (χ0v) is 7.89. The van der Waals surface area contributed by atoms with Crippen molar-refractivity contribution in [3.05, 3.63) is 34.2 Å². The summed E-state index contributed by atoms with van der Waals surface area (Å²) < 4.78 is 1.82. The first kappa shape index (κ1) is 7.90. The van der Waals surface area contributed by atoms with Crippen molar-refractivity contribution in [1.29, 1.82) is 0 Å². The van der Waals surface area contributed by atoms with Crippen molar-refractivity contribution in [3.63, 3.8) is 0 Å². The van der Waals surface area contributed by atoms with Crippen LogP contribution in [-0.4, -0.2) is 9.38 Å². The molecule has 2 aromatic rings. The van der Waals surface area contributed by atoms with Crippen molar-refractivity contribution in [1.82, 2.24) is 9.38 Å². The van der Waals surface area contributed by atoms with Gasteiger partial charge in [-0.3, -0.25) is 0 Å². The van der Waals surface area contributed by atoms with E-state index in [4.69, 9.17) is 23.2 Å². The average Bonchev–Trinajstić information content (AvgIpc) is 2.29. The summed E-state index contributed by atoms with van der Waals surface area (Å²) in [6.45, 7) is 1.91. The largest absolute Gasteiger partial charge is 0.304 e. The molecule has 4 heteroatoms. The first-order valence-electron chi connectivity index (χ1n) is 3.47. The lowest BCUT2D eigenvalue weighted by atomic mass is 10.5. The van der Waals surface area contributed by atoms with Gasteiger partial charge in [0.15, 0.2) is 5.65 Å². The summed E-state index contributed by atoms with van der Waals surface area (Å²) >= 11 is 11.7. The number of aryl methyl sites for hydroxylation is 1. The van der Waals surface area contributed by atoms with E-state index in [2.05, 4.69) is 4.98 Å². The van der Waals surface area contributed by atoms with Gasteiger partial charge in [0.25, 0.3) is 0 Å². The summed E-state index contributed by atoms with van der Waals surface area (Å²) in [4.78, 5) is 4.23. The van der Waals surface area contributed by atoms with Gasteiger partial charge in [0.2, 0.25) is 0 Å². The van der Waals surface area contributed by atoms with E-state index in [0.717, 1.165) is 11.3 Å². The van der Waals surface area contributed by atoms with E-state index in [9.17, 15) is 0 Å². The molecule has 0 aliphatic rings. The molecule has 0 unspecified atom stereocenters. The number of rotatable bonds is 0. The highest BCUT2D eigenvalue weighted by Gasteiger charge is 2.03. The normalized spacial score (nSPS) is 10.9. The van der Waals surface area contributed by atoms with E-state index in [0.29, 0.717) is 10.0 Å². The SMILES string of the molecule is Cc1cn2cc(Cl)cc(Cl)c2n1. The fourth-order valence-corrected chi connectivity index (χ4v) is 1.67. The van der Waals surface area contributed by atoms with Crippen molar-refractivity contribution in [3.8, 4) is 0 Å². The standard InChI is InChI=1S/C8H6Cl2N2/c1-5-3-12-4-6(9)2-7(10)8(12)11-5/h2-4H,1H3. The van der Waals surface area contributed by atoms with Crippen LogP contribution in [0.15, 0.2) is 18.5 Å². The summed E-state index contributed by atoms with van der Waals surface area (Å²) in [5.74, 6) is 0. The van der Waals surface area contributed by atoms with Gasteiger partial charge in [-0.05, 0) is 13.0 Å². The lowest BCUT2D eigenvalue weighted by Crippen LogP contribution is -1.82. The Morgan fingerprint density at radius 3 is 2.83 bits per heavy atom. The molecule has 0 atom stereocenters. The minimum atomic E-state index is 0.579. The van der Waals surface area contributed by atoms with Crippen LogP contribution in [0.5, 0.6) is 0 Å². The van der Waals surface area contributed by atoms with Crippen LogP contribution in [0.25, 0.3) is 5.65 Å². The van der Waals surface area contributed by atoms with Gasteiger partial charge >= 0.3 is 0 Å². The number of imidazole rings is 1. The molecule has 0 N–H and O–H groups in total. The Morgan fingerprint density at radius 1 is 1.33 bits per heavy atom. The van der Waals surface area contributed by atoms with E-state index in [1.165, 1.54) is 0 Å². The number of aromatic nitrogens is 2. The zero-order chi connectivity index (χ0) is 8.72. The Bertz CT molecular complexity index is 434. The number of hydrogen-bond donors (Lipinski definition) is 0. The summed E-state index contributed by atoms with van der Waals surface area (Å²) in [6, 6.07) is 1.69. The van der Waals surface area contributed by atoms with Crippen LogP contribution in [0, 0.1) is 6.92 Å². The molecule has 0 aliphatic heterocycles. The molecule has 2 nitrogen and oxygen atoms in total. The van der Waals surface area contributed by atoms with E-state index in [1.54, 1.807) is 12.3 Å². The molecule has 12 heavy (non-hydrogen) atoms. The summed E-state index contributed by atoms with van der Waals surface area (Å²) in [7, 11) is 0. The van der Waals surface area contributed by atoms with E-state index < -0.39 is 0 Å². The average molecular weight is 201 g/mol. The second-order valence-corrected chi connectivity index (χ2v) is 3.46. The molecule has 0 aliphatic carbocycles. The molecular weight excluding hydrogens is 195 g/mol. The Labute approximate surface area is 79.7 Å². The molecule has 0 radical (unpaired) electrons. The van der Waals surface area contributed by atoms with Gasteiger partial charge in [0.1, 0.15) is 0 Å². The fourth-order valence-electron chi connectivity index (χ4n) is 1.15. The molecule has 62 valence electrons. The third-order valence-electron chi connectivity index (χ3n) is 1.59. The molecule has 0 spiro atoms. The molecule has 0 saturated heterocycles. The minimum absolute atomic E-state index is 0.579. The van der Waals surface area contributed by atoms with Crippen LogP contribution in [0.2, 0.25) is 10.0 Å².